The van der Waals surface area contributed by atoms with E-state index in [-0.39, 0.29) is 18.5 Å². The summed E-state index contributed by atoms with van der Waals surface area (Å²) in [4.78, 5) is 25.5. The Hall–Kier alpha value is -2.45. The van der Waals surface area contributed by atoms with Gasteiger partial charge in [0.15, 0.2) is 0 Å². The number of hydrogen-bond donors (Lipinski definition) is 1. The third-order valence-electron chi connectivity index (χ3n) is 4.73. The molecule has 5 nitrogen and oxygen atoms in total. The lowest BCUT2D eigenvalue weighted by molar-refractivity contribution is -0.0661. The minimum atomic E-state index is -2.60. The summed E-state index contributed by atoms with van der Waals surface area (Å²) >= 11 is 1.50. The third kappa shape index (κ3) is 4.34. The Morgan fingerprint density at radius 1 is 1.21 bits per heavy atom. The van der Waals surface area contributed by atoms with Crippen LogP contribution in [0.1, 0.15) is 23.4 Å². The SMILES string of the molecule is Cc1nc(-c2cc(=O)[nH]c(-c3ccc(CN4CCCC(F)(F)C4)cc3)n2)cs1. The van der Waals surface area contributed by atoms with Gasteiger partial charge in [-0.2, -0.15) is 0 Å². The second-order valence-corrected chi connectivity index (χ2v) is 8.16. The van der Waals surface area contributed by atoms with Gasteiger partial charge in [0.05, 0.1) is 17.2 Å². The molecule has 1 aromatic carbocycles. The predicted octanol–water partition coefficient (Wildman–Crippen LogP) is 4.10. The fraction of sp³-hybridized carbons (Fsp3) is 0.350. The highest BCUT2D eigenvalue weighted by Crippen LogP contribution is 2.28. The molecule has 8 heteroatoms. The van der Waals surface area contributed by atoms with Crippen molar-refractivity contribution in [2.45, 2.75) is 32.2 Å². The highest BCUT2D eigenvalue weighted by molar-refractivity contribution is 7.09. The third-order valence-corrected chi connectivity index (χ3v) is 5.50. The highest BCUT2D eigenvalue weighted by atomic mass is 32.1. The normalized spacial score (nSPS) is 17.0. The molecule has 3 aromatic rings. The van der Waals surface area contributed by atoms with E-state index in [0.29, 0.717) is 36.7 Å². The summed E-state index contributed by atoms with van der Waals surface area (Å²) in [5.41, 5.74) is 2.68. The molecule has 28 heavy (non-hydrogen) atoms. The summed E-state index contributed by atoms with van der Waals surface area (Å²) in [7, 11) is 0. The van der Waals surface area contributed by atoms with Crippen molar-refractivity contribution < 1.29 is 8.78 Å². The van der Waals surface area contributed by atoms with Crippen molar-refractivity contribution in [1.29, 1.82) is 0 Å². The minimum Gasteiger partial charge on any atom is -0.306 e. The number of alkyl halides is 2. The molecular formula is C20H20F2N4OS. The number of piperidine rings is 1. The lowest BCUT2D eigenvalue weighted by atomic mass is 10.1. The number of hydrogen-bond acceptors (Lipinski definition) is 5. The molecule has 3 heterocycles. The van der Waals surface area contributed by atoms with E-state index >= 15 is 0 Å². The molecule has 0 radical (unpaired) electrons. The van der Waals surface area contributed by atoms with Gasteiger partial charge >= 0.3 is 0 Å². The zero-order valence-electron chi connectivity index (χ0n) is 15.4. The summed E-state index contributed by atoms with van der Waals surface area (Å²) in [5.74, 6) is -2.14. The smallest absolute Gasteiger partial charge is 0.260 e. The Morgan fingerprint density at radius 3 is 2.68 bits per heavy atom. The highest BCUT2D eigenvalue weighted by Gasteiger charge is 2.34. The molecule has 0 bridgehead atoms. The Kier molecular flexibility index (Phi) is 5.07. The second-order valence-electron chi connectivity index (χ2n) is 7.10. The maximum absolute atomic E-state index is 13.6. The number of thiazole rings is 1. The number of aromatic nitrogens is 3. The van der Waals surface area contributed by atoms with Gasteiger partial charge in [-0.25, -0.2) is 18.7 Å². The maximum Gasteiger partial charge on any atom is 0.260 e. The number of nitrogens with one attached hydrogen (secondary N) is 1. The molecule has 0 saturated carbocycles. The molecule has 1 saturated heterocycles. The van der Waals surface area contributed by atoms with E-state index in [1.807, 2.05) is 36.6 Å². The molecule has 0 unspecified atom stereocenters. The molecule has 0 aliphatic carbocycles. The first-order valence-electron chi connectivity index (χ1n) is 9.11. The monoisotopic (exact) mass is 402 g/mol. The van der Waals surface area contributed by atoms with Crippen LogP contribution >= 0.6 is 11.3 Å². The number of nitrogens with zero attached hydrogens (tertiary/aromatic N) is 3. The van der Waals surface area contributed by atoms with Gasteiger partial charge in [-0.1, -0.05) is 24.3 Å². The zero-order valence-corrected chi connectivity index (χ0v) is 16.2. The Bertz CT molecular complexity index is 1030. The largest absolute Gasteiger partial charge is 0.306 e. The number of rotatable bonds is 4. The molecule has 146 valence electrons. The van der Waals surface area contributed by atoms with Crippen LogP contribution in [0.3, 0.4) is 0 Å². The van der Waals surface area contributed by atoms with Crippen molar-refractivity contribution in [2.75, 3.05) is 13.1 Å². The minimum absolute atomic E-state index is 0.0314. The van der Waals surface area contributed by atoms with Crippen molar-refractivity contribution in [3.05, 3.63) is 56.6 Å². The standard InChI is InChI=1S/C20H20F2N4OS/c1-13-23-17(11-28-13)16-9-18(27)25-19(24-16)15-5-3-14(4-6-15)10-26-8-2-7-20(21,22)12-26/h3-6,9,11H,2,7-8,10,12H2,1H3,(H,24,25,27). The number of aromatic amines is 1. The van der Waals surface area contributed by atoms with Crippen LogP contribution < -0.4 is 5.56 Å². The van der Waals surface area contributed by atoms with Crippen molar-refractivity contribution in [2.24, 2.45) is 0 Å². The summed E-state index contributed by atoms with van der Waals surface area (Å²) in [6.45, 7) is 2.87. The summed E-state index contributed by atoms with van der Waals surface area (Å²) < 4.78 is 27.1. The first kappa shape index (κ1) is 18.9. The van der Waals surface area contributed by atoms with Crippen molar-refractivity contribution >= 4 is 11.3 Å². The molecule has 4 rings (SSSR count). The van der Waals surface area contributed by atoms with E-state index in [9.17, 15) is 13.6 Å². The van der Waals surface area contributed by atoms with Gasteiger partial charge in [0.25, 0.3) is 11.5 Å². The molecule has 1 aliphatic heterocycles. The summed E-state index contributed by atoms with van der Waals surface area (Å²) in [5, 5.41) is 2.78. The predicted molar refractivity (Wildman–Crippen MR) is 106 cm³/mol. The molecular weight excluding hydrogens is 382 g/mol. The fourth-order valence-electron chi connectivity index (χ4n) is 3.41. The van der Waals surface area contributed by atoms with Crippen LogP contribution in [0.25, 0.3) is 22.8 Å². The Balaban J connectivity index is 1.54. The molecule has 1 N–H and O–H groups in total. The molecule has 0 spiro atoms. The van der Waals surface area contributed by atoms with Crippen LogP contribution in [0.4, 0.5) is 8.78 Å². The quantitative estimate of drug-likeness (QED) is 0.714. The van der Waals surface area contributed by atoms with Gasteiger partial charge in [0, 0.05) is 30.0 Å². The molecule has 1 fully saturated rings. The topological polar surface area (TPSA) is 61.9 Å². The van der Waals surface area contributed by atoms with E-state index in [0.717, 1.165) is 16.1 Å². The zero-order chi connectivity index (χ0) is 19.7. The van der Waals surface area contributed by atoms with Crippen LogP contribution in [-0.4, -0.2) is 38.9 Å². The molecule has 2 aromatic heterocycles. The fourth-order valence-corrected chi connectivity index (χ4v) is 4.02. The molecule has 0 amide bonds. The number of aryl methyl sites for hydroxylation is 1. The lowest BCUT2D eigenvalue weighted by Crippen LogP contribution is -2.41. The number of benzene rings is 1. The van der Waals surface area contributed by atoms with Crippen LogP contribution in [-0.2, 0) is 6.54 Å². The van der Waals surface area contributed by atoms with Crippen LogP contribution in [0, 0.1) is 6.92 Å². The lowest BCUT2D eigenvalue weighted by Gasteiger charge is -2.32. The van der Waals surface area contributed by atoms with Gasteiger partial charge in [-0.3, -0.25) is 9.69 Å². The van der Waals surface area contributed by atoms with Gasteiger partial charge < -0.3 is 4.98 Å². The Labute approximate surface area is 165 Å². The van der Waals surface area contributed by atoms with E-state index in [2.05, 4.69) is 15.0 Å². The van der Waals surface area contributed by atoms with E-state index in [4.69, 9.17) is 0 Å². The first-order chi connectivity index (χ1) is 13.4. The van der Waals surface area contributed by atoms with Crippen molar-refractivity contribution in [3.8, 4) is 22.8 Å². The van der Waals surface area contributed by atoms with Gasteiger partial charge in [-0.15, -0.1) is 11.3 Å². The first-order valence-corrected chi connectivity index (χ1v) is 9.99. The average Bonchev–Trinajstić information content (AvgIpc) is 3.07. The maximum atomic E-state index is 13.6. The van der Waals surface area contributed by atoms with Crippen molar-refractivity contribution in [3.63, 3.8) is 0 Å². The Morgan fingerprint density at radius 2 is 2.00 bits per heavy atom. The van der Waals surface area contributed by atoms with E-state index in [1.165, 1.54) is 17.4 Å². The number of likely N-dealkylation sites (tertiary alicyclic amines) is 1. The number of H-pyrrole nitrogens is 1. The van der Waals surface area contributed by atoms with Gasteiger partial charge in [0.1, 0.15) is 11.5 Å². The summed E-state index contributed by atoms with van der Waals surface area (Å²) in [6.07, 6.45) is 0.482. The summed E-state index contributed by atoms with van der Waals surface area (Å²) in [6, 6.07) is 8.92. The van der Waals surface area contributed by atoms with Crippen LogP contribution in [0.5, 0.6) is 0 Å². The average molecular weight is 402 g/mol. The van der Waals surface area contributed by atoms with Gasteiger partial charge in [0.2, 0.25) is 0 Å². The van der Waals surface area contributed by atoms with Crippen molar-refractivity contribution in [1.82, 2.24) is 19.9 Å². The van der Waals surface area contributed by atoms with Crippen LogP contribution in [0.2, 0.25) is 0 Å². The van der Waals surface area contributed by atoms with Crippen LogP contribution in [0.15, 0.2) is 40.5 Å². The second kappa shape index (κ2) is 7.52. The molecule has 0 atom stereocenters. The van der Waals surface area contributed by atoms with E-state index < -0.39 is 5.92 Å². The van der Waals surface area contributed by atoms with E-state index in [1.54, 1.807) is 4.90 Å². The number of halogens is 2. The van der Waals surface area contributed by atoms with Gasteiger partial charge in [-0.05, 0) is 25.5 Å². The molecule has 1 aliphatic rings.